The molecule has 0 bridgehead atoms. The quantitative estimate of drug-likeness (QED) is 0.418. The molecule has 0 saturated carbocycles. The molecule has 0 atom stereocenters. The number of nitrogens with one attached hydrogen (secondary N) is 4. The molecule has 0 saturated heterocycles. The molecule has 172 valence electrons. The molecule has 0 aliphatic heterocycles. The van der Waals surface area contributed by atoms with E-state index in [4.69, 9.17) is 4.74 Å². The molecule has 11 heteroatoms. The second-order valence-electron chi connectivity index (χ2n) is 6.67. The maximum Gasteiger partial charge on any atom is 0.416 e. The summed E-state index contributed by atoms with van der Waals surface area (Å²) in [5.41, 5.74) is 0.141. The largest absolute Gasteiger partial charge is 0.457 e. The van der Waals surface area contributed by atoms with Crippen molar-refractivity contribution in [3.63, 3.8) is 0 Å². The molecule has 0 aliphatic carbocycles. The molecule has 1 aromatic heterocycles. The highest BCUT2D eigenvalue weighted by Crippen LogP contribution is 2.32. The topological polar surface area (TPSA) is 104 Å². The number of ether oxygens (including phenoxy) is 1. The number of urea groups is 1. The van der Waals surface area contributed by atoms with Crippen molar-refractivity contribution >= 4 is 29.0 Å². The Kier molecular flexibility index (Phi) is 7.01. The summed E-state index contributed by atoms with van der Waals surface area (Å²) in [6.07, 6.45) is -3.10. The van der Waals surface area contributed by atoms with Gasteiger partial charge in [0.2, 0.25) is 0 Å². The van der Waals surface area contributed by atoms with Gasteiger partial charge in [-0.15, -0.1) is 0 Å². The van der Waals surface area contributed by atoms with E-state index in [-0.39, 0.29) is 17.3 Å². The van der Waals surface area contributed by atoms with Crippen molar-refractivity contribution in [1.82, 2.24) is 10.3 Å². The summed E-state index contributed by atoms with van der Waals surface area (Å²) < 4.78 is 44.4. The monoisotopic (exact) mass is 459 g/mol. The van der Waals surface area contributed by atoms with Crippen LogP contribution in [0, 0.1) is 0 Å². The number of aromatic nitrogens is 1. The van der Waals surface area contributed by atoms with E-state index in [1.54, 1.807) is 25.2 Å². The van der Waals surface area contributed by atoms with Crippen LogP contribution in [-0.2, 0) is 6.18 Å². The number of nitrogens with zero attached hydrogens (tertiary/aromatic N) is 1. The van der Waals surface area contributed by atoms with Crippen molar-refractivity contribution in [2.75, 3.05) is 30.0 Å². The second-order valence-corrected chi connectivity index (χ2v) is 6.67. The molecule has 0 radical (unpaired) electrons. The molecule has 3 amide bonds. The maximum atomic E-state index is 12.9. The Balaban J connectivity index is 1.76. The zero-order chi connectivity index (χ0) is 24.0. The molecular weight excluding hydrogens is 439 g/mol. The summed E-state index contributed by atoms with van der Waals surface area (Å²) >= 11 is 0. The van der Waals surface area contributed by atoms with Crippen LogP contribution >= 0.6 is 0 Å². The van der Waals surface area contributed by atoms with Crippen LogP contribution in [-0.4, -0.2) is 31.0 Å². The number of anilines is 3. The number of rotatable bonds is 6. The lowest BCUT2D eigenvalue weighted by molar-refractivity contribution is -0.137. The molecule has 0 aliphatic rings. The van der Waals surface area contributed by atoms with Crippen molar-refractivity contribution in [3.8, 4) is 11.5 Å². The molecule has 8 nitrogen and oxygen atoms in total. The van der Waals surface area contributed by atoms with Gasteiger partial charge < -0.3 is 26.0 Å². The lowest BCUT2D eigenvalue weighted by Gasteiger charge is -2.15. The highest BCUT2D eigenvalue weighted by Gasteiger charge is 2.30. The minimum Gasteiger partial charge on any atom is -0.457 e. The number of hydrogen-bond acceptors (Lipinski definition) is 5. The summed E-state index contributed by atoms with van der Waals surface area (Å²) in [7, 11) is 3.13. The van der Waals surface area contributed by atoms with Gasteiger partial charge in [0.25, 0.3) is 5.91 Å². The van der Waals surface area contributed by atoms with E-state index in [2.05, 4.69) is 26.3 Å². The molecule has 3 rings (SSSR count). The molecule has 3 aromatic rings. The minimum atomic E-state index is -4.52. The number of hydrogen-bond donors (Lipinski definition) is 4. The van der Waals surface area contributed by atoms with Gasteiger partial charge in [-0.3, -0.25) is 9.78 Å². The Bertz CT molecular complexity index is 1170. The highest BCUT2D eigenvalue weighted by atomic mass is 19.4. The predicted molar refractivity (Wildman–Crippen MR) is 118 cm³/mol. The van der Waals surface area contributed by atoms with Crippen molar-refractivity contribution < 1.29 is 27.5 Å². The van der Waals surface area contributed by atoms with Gasteiger partial charge in [-0.1, -0.05) is 6.07 Å². The van der Waals surface area contributed by atoms with Gasteiger partial charge in [0.05, 0.1) is 16.9 Å². The van der Waals surface area contributed by atoms with E-state index in [1.807, 2.05) is 0 Å². The number of carbonyl (C=O) groups is 2. The lowest BCUT2D eigenvalue weighted by Crippen LogP contribution is -2.20. The number of alkyl halides is 3. The second kappa shape index (κ2) is 9.90. The lowest BCUT2D eigenvalue weighted by atomic mass is 10.2. The van der Waals surface area contributed by atoms with Crippen LogP contribution in [0.25, 0.3) is 0 Å². The van der Waals surface area contributed by atoms with Crippen LogP contribution in [0.15, 0.2) is 60.8 Å². The van der Waals surface area contributed by atoms with E-state index in [0.717, 1.165) is 12.1 Å². The standard InChI is InChI=1S/C22H20F3N5O3/c1-26-17-7-6-15(33-16-8-9-28-19(12-16)20(31)27-2)11-18(17)30-21(32)29-14-5-3-4-13(10-14)22(23,24)25/h3-12,26H,1-2H3,(H,27,31)(H2,29,30,32). The van der Waals surface area contributed by atoms with Crippen LogP contribution in [0.4, 0.5) is 35.0 Å². The number of halogens is 3. The molecule has 2 aromatic carbocycles. The Labute approximate surface area is 187 Å². The smallest absolute Gasteiger partial charge is 0.416 e. The summed E-state index contributed by atoms with van der Waals surface area (Å²) in [5.74, 6) is 0.317. The number of pyridine rings is 1. The fourth-order valence-electron chi connectivity index (χ4n) is 2.83. The van der Waals surface area contributed by atoms with E-state index in [9.17, 15) is 22.8 Å². The third kappa shape index (κ3) is 6.12. The van der Waals surface area contributed by atoms with Gasteiger partial charge in [-0.05, 0) is 36.4 Å². The Morgan fingerprint density at radius 3 is 2.36 bits per heavy atom. The molecule has 4 N–H and O–H groups in total. The summed E-state index contributed by atoms with van der Waals surface area (Å²) in [4.78, 5) is 28.1. The van der Waals surface area contributed by atoms with E-state index in [1.165, 1.54) is 37.5 Å². The zero-order valence-corrected chi connectivity index (χ0v) is 17.6. The number of carbonyl (C=O) groups excluding carboxylic acids is 2. The Morgan fingerprint density at radius 1 is 0.909 bits per heavy atom. The molecule has 0 spiro atoms. The van der Waals surface area contributed by atoms with E-state index < -0.39 is 17.8 Å². The van der Waals surface area contributed by atoms with Crippen LogP contribution < -0.4 is 26.0 Å². The first-order chi connectivity index (χ1) is 15.7. The SMILES string of the molecule is CNC(=O)c1cc(Oc2ccc(NC)c(NC(=O)Nc3cccc(C(F)(F)F)c3)c2)ccn1. The van der Waals surface area contributed by atoms with Crippen LogP contribution in [0.5, 0.6) is 11.5 Å². The fourth-order valence-corrected chi connectivity index (χ4v) is 2.83. The van der Waals surface area contributed by atoms with Gasteiger partial charge in [0.1, 0.15) is 17.2 Å². The van der Waals surface area contributed by atoms with Gasteiger partial charge >= 0.3 is 12.2 Å². The van der Waals surface area contributed by atoms with Crippen LogP contribution in [0.3, 0.4) is 0 Å². The fraction of sp³-hybridized carbons (Fsp3) is 0.136. The summed E-state index contributed by atoms with van der Waals surface area (Å²) in [5, 5.41) is 10.3. The molecule has 33 heavy (non-hydrogen) atoms. The van der Waals surface area contributed by atoms with Gasteiger partial charge in [0.15, 0.2) is 0 Å². The average Bonchev–Trinajstić information content (AvgIpc) is 2.78. The van der Waals surface area contributed by atoms with Crippen molar-refractivity contribution in [2.45, 2.75) is 6.18 Å². The van der Waals surface area contributed by atoms with E-state index >= 15 is 0 Å². The van der Waals surface area contributed by atoms with Crippen LogP contribution in [0.1, 0.15) is 16.1 Å². The minimum absolute atomic E-state index is 0.0146. The summed E-state index contributed by atoms with van der Waals surface area (Å²) in [6.45, 7) is 0. The normalized spacial score (nSPS) is 10.8. The van der Waals surface area contributed by atoms with Gasteiger partial charge in [-0.2, -0.15) is 13.2 Å². The first-order valence-electron chi connectivity index (χ1n) is 9.62. The highest BCUT2D eigenvalue weighted by molar-refractivity contribution is 6.02. The third-order valence-corrected chi connectivity index (χ3v) is 4.38. The summed E-state index contributed by atoms with van der Waals surface area (Å²) in [6, 6.07) is 11.4. The molecule has 0 fully saturated rings. The van der Waals surface area contributed by atoms with Crippen molar-refractivity contribution in [3.05, 3.63) is 72.1 Å². The van der Waals surface area contributed by atoms with Gasteiger partial charge in [0, 0.05) is 38.1 Å². The average molecular weight is 459 g/mol. The van der Waals surface area contributed by atoms with Crippen molar-refractivity contribution in [2.24, 2.45) is 0 Å². The molecule has 1 heterocycles. The van der Waals surface area contributed by atoms with Crippen molar-refractivity contribution in [1.29, 1.82) is 0 Å². The van der Waals surface area contributed by atoms with E-state index in [0.29, 0.717) is 22.9 Å². The molecule has 0 unspecified atom stereocenters. The first kappa shape index (κ1) is 23.4. The zero-order valence-electron chi connectivity index (χ0n) is 17.6. The maximum absolute atomic E-state index is 12.9. The first-order valence-corrected chi connectivity index (χ1v) is 9.62. The van der Waals surface area contributed by atoms with Gasteiger partial charge in [-0.25, -0.2) is 4.79 Å². The van der Waals surface area contributed by atoms with Crippen LogP contribution in [0.2, 0.25) is 0 Å². The Hall–Kier alpha value is -4.28. The molecular formula is C22H20F3N5O3. The number of benzene rings is 2. The Morgan fingerprint density at radius 2 is 1.67 bits per heavy atom. The predicted octanol–water partition coefficient (Wildman–Crippen LogP) is 4.94. The third-order valence-electron chi connectivity index (χ3n) is 4.38. The number of amides is 3.